The van der Waals surface area contributed by atoms with E-state index < -0.39 is 0 Å². The highest BCUT2D eigenvalue weighted by molar-refractivity contribution is 5.79. The van der Waals surface area contributed by atoms with Crippen LogP contribution in [-0.2, 0) is 19.1 Å². The minimum absolute atomic E-state index is 0.159. The molecule has 0 heterocycles. The third kappa shape index (κ3) is 17.1. The van der Waals surface area contributed by atoms with Crippen molar-refractivity contribution >= 4 is 11.9 Å². The lowest BCUT2D eigenvalue weighted by molar-refractivity contribution is -0.155. The third-order valence-corrected chi connectivity index (χ3v) is 5.16. The lowest BCUT2D eigenvalue weighted by atomic mass is 9.97. The molecule has 0 aliphatic carbocycles. The van der Waals surface area contributed by atoms with Crippen LogP contribution in [0.5, 0.6) is 0 Å². The van der Waals surface area contributed by atoms with Crippen LogP contribution in [0.4, 0.5) is 0 Å². The van der Waals surface area contributed by atoms with E-state index in [1.54, 1.807) is 0 Å². The predicted molar refractivity (Wildman–Crippen MR) is 116 cm³/mol. The van der Waals surface area contributed by atoms with E-state index in [1.807, 2.05) is 0 Å². The molecular weight excluding hydrogens is 352 g/mol. The Kier molecular flexibility index (Phi) is 19.9. The smallest absolute Gasteiger partial charge is 0.309 e. The van der Waals surface area contributed by atoms with Crippen LogP contribution in [0.3, 0.4) is 0 Å². The van der Waals surface area contributed by atoms with Gasteiger partial charge >= 0.3 is 11.9 Å². The fourth-order valence-electron chi connectivity index (χ4n) is 3.21. The van der Waals surface area contributed by atoms with Crippen molar-refractivity contribution in [2.75, 3.05) is 13.2 Å². The molecule has 0 amide bonds. The van der Waals surface area contributed by atoms with Crippen LogP contribution < -0.4 is 0 Å². The van der Waals surface area contributed by atoms with Crippen LogP contribution in [0.15, 0.2) is 0 Å². The van der Waals surface area contributed by atoms with Crippen molar-refractivity contribution in [1.29, 1.82) is 0 Å². The lowest BCUT2D eigenvalue weighted by Crippen LogP contribution is -2.23. The van der Waals surface area contributed by atoms with Gasteiger partial charge in [-0.05, 0) is 19.3 Å². The molecular formula is C24H46O4. The topological polar surface area (TPSA) is 52.6 Å². The van der Waals surface area contributed by atoms with Crippen LogP contribution in [0.2, 0.25) is 0 Å². The molecule has 1 atom stereocenters. The van der Waals surface area contributed by atoms with Gasteiger partial charge in [0, 0.05) is 0 Å². The summed E-state index contributed by atoms with van der Waals surface area (Å²) < 4.78 is 10.6. The second-order valence-electron chi connectivity index (χ2n) is 7.97. The van der Waals surface area contributed by atoms with Crippen LogP contribution in [0.1, 0.15) is 124 Å². The first-order chi connectivity index (χ1) is 13.7. The summed E-state index contributed by atoms with van der Waals surface area (Å²) in [5.74, 6) is -0.838. The van der Waals surface area contributed by atoms with Gasteiger partial charge in [0.15, 0.2) is 0 Å². The Hall–Kier alpha value is -1.06. The SMILES string of the molecule is CCCCCCCCCCCCC(CC(=O)OCCCC)C(=O)OCCCC. The Balaban J connectivity index is 4.05. The summed E-state index contributed by atoms with van der Waals surface area (Å²) in [6, 6.07) is 0. The van der Waals surface area contributed by atoms with Crippen molar-refractivity contribution in [1.82, 2.24) is 0 Å². The molecule has 4 nitrogen and oxygen atoms in total. The molecule has 0 aromatic carbocycles. The number of hydrogen-bond donors (Lipinski definition) is 0. The van der Waals surface area contributed by atoms with Crippen molar-refractivity contribution < 1.29 is 19.1 Å². The average molecular weight is 399 g/mol. The van der Waals surface area contributed by atoms with E-state index in [0.29, 0.717) is 13.2 Å². The fourth-order valence-corrected chi connectivity index (χ4v) is 3.21. The van der Waals surface area contributed by atoms with Gasteiger partial charge in [0.2, 0.25) is 0 Å². The largest absolute Gasteiger partial charge is 0.466 e. The highest BCUT2D eigenvalue weighted by Gasteiger charge is 2.23. The molecule has 0 aromatic heterocycles. The Labute approximate surface area is 174 Å². The quantitative estimate of drug-likeness (QED) is 0.164. The van der Waals surface area contributed by atoms with Gasteiger partial charge in [0.1, 0.15) is 0 Å². The molecule has 0 fully saturated rings. The van der Waals surface area contributed by atoms with E-state index in [9.17, 15) is 9.59 Å². The van der Waals surface area contributed by atoms with Crippen LogP contribution >= 0.6 is 0 Å². The van der Waals surface area contributed by atoms with Crippen LogP contribution in [0.25, 0.3) is 0 Å². The van der Waals surface area contributed by atoms with E-state index in [1.165, 1.54) is 51.4 Å². The van der Waals surface area contributed by atoms with Crippen LogP contribution in [-0.4, -0.2) is 25.2 Å². The van der Waals surface area contributed by atoms with Crippen LogP contribution in [0, 0.1) is 5.92 Å². The standard InChI is InChI=1S/C24H46O4/c1-4-7-10-11-12-13-14-15-16-17-18-22(24(26)28-20-9-6-3)21-23(25)27-19-8-5-2/h22H,4-21H2,1-3H3. The van der Waals surface area contributed by atoms with E-state index in [4.69, 9.17) is 9.47 Å². The first-order valence-electron chi connectivity index (χ1n) is 12.0. The summed E-state index contributed by atoms with van der Waals surface area (Å²) >= 11 is 0. The number of carbonyl (C=O) groups is 2. The maximum absolute atomic E-state index is 12.3. The molecule has 166 valence electrons. The van der Waals surface area contributed by atoms with Gasteiger partial charge in [-0.25, -0.2) is 0 Å². The zero-order valence-electron chi connectivity index (χ0n) is 18.9. The normalized spacial score (nSPS) is 12.0. The third-order valence-electron chi connectivity index (χ3n) is 5.16. The number of rotatable bonds is 20. The first kappa shape index (κ1) is 26.9. The molecule has 0 aliphatic rings. The number of carbonyl (C=O) groups excluding carboxylic acids is 2. The molecule has 0 bridgehead atoms. The molecule has 0 saturated heterocycles. The Bertz CT molecular complexity index is 368. The summed E-state index contributed by atoms with van der Waals surface area (Å²) in [6.45, 7) is 7.28. The first-order valence-corrected chi connectivity index (χ1v) is 12.0. The summed E-state index contributed by atoms with van der Waals surface area (Å²) in [7, 11) is 0. The van der Waals surface area contributed by atoms with E-state index in [0.717, 1.165) is 44.9 Å². The molecule has 0 radical (unpaired) electrons. The Morgan fingerprint density at radius 1 is 0.607 bits per heavy atom. The van der Waals surface area contributed by atoms with Gasteiger partial charge in [-0.15, -0.1) is 0 Å². The number of ether oxygens (including phenoxy) is 2. The molecule has 0 aliphatic heterocycles. The van der Waals surface area contributed by atoms with Gasteiger partial charge in [-0.2, -0.15) is 0 Å². The summed E-state index contributed by atoms with van der Waals surface area (Å²) in [5.41, 5.74) is 0. The number of esters is 2. The molecule has 0 rings (SSSR count). The summed E-state index contributed by atoms with van der Waals surface area (Å²) in [5, 5.41) is 0. The van der Waals surface area contributed by atoms with Gasteiger partial charge in [0.25, 0.3) is 0 Å². The minimum Gasteiger partial charge on any atom is -0.466 e. The van der Waals surface area contributed by atoms with E-state index in [-0.39, 0.29) is 24.3 Å². The molecule has 1 unspecified atom stereocenters. The van der Waals surface area contributed by atoms with Crippen molar-refractivity contribution in [3.8, 4) is 0 Å². The molecule has 4 heteroatoms. The molecule has 0 saturated carbocycles. The van der Waals surface area contributed by atoms with Gasteiger partial charge in [-0.1, -0.05) is 97.8 Å². The van der Waals surface area contributed by atoms with Crippen molar-refractivity contribution in [2.45, 2.75) is 124 Å². The number of unbranched alkanes of at least 4 members (excludes halogenated alkanes) is 11. The maximum Gasteiger partial charge on any atom is 0.309 e. The minimum atomic E-state index is -0.347. The zero-order chi connectivity index (χ0) is 20.9. The monoisotopic (exact) mass is 398 g/mol. The molecule has 0 spiro atoms. The fraction of sp³-hybridized carbons (Fsp3) is 0.917. The van der Waals surface area contributed by atoms with Crippen molar-refractivity contribution in [3.63, 3.8) is 0 Å². The van der Waals surface area contributed by atoms with Gasteiger partial charge < -0.3 is 9.47 Å². The second kappa shape index (κ2) is 20.7. The molecule has 0 N–H and O–H groups in total. The highest BCUT2D eigenvalue weighted by atomic mass is 16.5. The average Bonchev–Trinajstić information content (AvgIpc) is 2.68. The predicted octanol–water partition coefficient (Wildman–Crippen LogP) is 6.99. The van der Waals surface area contributed by atoms with Gasteiger partial charge in [0.05, 0.1) is 25.6 Å². The van der Waals surface area contributed by atoms with Crippen molar-refractivity contribution in [2.24, 2.45) is 5.92 Å². The van der Waals surface area contributed by atoms with E-state index >= 15 is 0 Å². The lowest BCUT2D eigenvalue weighted by Gasteiger charge is -2.15. The summed E-state index contributed by atoms with van der Waals surface area (Å²) in [6.07, 6.45) is 17.3. The van der Waals surface area contributed by atoms with Crippen molar-refractivity contribution in [3.05, 3.63) is 0 Å². The van der Waals surface area contributed by atoms with Gasteiger partial charge in [-0.3, -0.25) is 9.59 Å². The second-order valence-corrected chi connectivity index (χ2v) is 7.97. The Morgan fingerprint density at radius 2 is 1.07 bits per heavy atom. The number of hydrogen-bond acceptors (Lipinski definition) is 4. The molecule has 0 aromatic rings. The summed E-state index contributed by atoms with van der Waals surface area (Å²) in [4.78, 5) is 24.4. The Morgan fingerprint density at radius 3 is 1.61 bits per heavy atom. The highest BCUT2D eigenvalue weighted by Crippen LogP contribution is 2.19. The zero-order valence-corrected chi connectivity index (χ0v) is 18.9. The maximum atomic E-state index is 12.3. The van der Waals surface area contributed by atoms with E-state index in [2.05, 4.69) is 20.8 Å². The molecule has 28 heavy (non-hydrogen) atoms.